The van der Waals surface area contributed by atoms with Crippen LogP contribution in [0.3, 0.4) is 0 Å². The van der Waals surface area contributed by atoms with Gasteiger partial charge in [-0.25, -0.2) is 9.38 Å². The Hall–Kier alpha value is -3.13. The normalized spacial score (nSPS) is 18.9. The van der Waals surface area contributed by atoms with E-state index in [-0.39, 0.29) is 6.42 Å². The summed E-state index contributed by atoms with van der Waals surface area (Å²) < 4.78 is 30.2. The first-order valence-corrected chi connectivity index (χ1v) is 11.6. The third-order valence-corrected chi connectivity index (χ3v) is 5.94. The fraction of sp³-hybridized carbons (Fsp3) is 0.462. The summed E-state index contributed by atoms with van der Waals surface area (Å²) in [6, 6.07) is 4.67. The van der Waals surface area contributed by atoms with Crippen LogP contribution in [0.4, 0.5) is 10.1 Å². The number of hydrogen-bond acceptors (Lipinski definition) is 6. The standard InChI is InChI=1S/C26H34FN3O4/c1-5-24(18(2)25-17-33-12-13-34-25)30-10-8-20(9-11-30)16-28-19(3)29-22-7-6-21(23(27)15-22)14-26(31)32-4/h5-7,15-16H,8-14,17H2,1-4H3,(H,28,29)/b24-5+,25-18+. The van der Waals surface area contributed by atoms with Crippen molar-refractivity contribution in [2.45, 2.75) is 40.0 Å². The minimum absolute atomic E-state index is 0.0921. The largest absolute Gasteiger partial charge is 0.493 e. The molecule has 34 heavy (non-hydrogen) atoms. The topological polar surface area (TPSA) is 72.4 Å². The van der Waals surface area contributed by atoms with E-state index < -0.39 is 11.8 Å². The van der Waals surface area contributed by atoms with Crippen LogP contribution in [0.25, 0.3) is 0 Å². The molecule has 2 heterocycles. The van der Waals surface area contributed by atoms with Gasteiger partial charge in [0.2, 0.25) is 0 Å². The Balaban J connectivity index is 1.56. The number of esters is 1. The monoisotopic (exact) mass is 471 g/mol. The molecule has 3 rings (SSSR count). The maximum absolute atomic E-state index is 14.3. The molecule has 8 heteroatoms. The van der Waals surface area contributed by atoms with Crippen LogP contribution in [0.5, 0.6) is 0 Å². The number of carbonyl (C=O) groups excluding carboxylic acids is 1. The van der Waals surface area contributed by atoms with Crippen molar-refractivity contribution in [2.24, 2.45) is 4.99 Å². The molecule has 2 fully saturated rings. The number of benzene rings is 1. The maximum Gasteiger partial charge on any atom is 0.310 e. The fourth-order valence-corrected chi connectivity index (χ4v) is 4.02. The van der Waals surface area contributed by atoms with Gasteiger partial charge >= 0.3 is 5.97 Å². The van der Waals surface area contributed by atoms with E-state index in [9.17, 15) is 9.18 Å². The highest BCUT2D eigenvalue weighted by molar-refractivity contribution is 5.93. The van der Waals surface area contributed by atoms with Gasteiger partial charge in [0.25, 0.3) is 0 Å². The summed E-state index contributed by atoms with van der Waals surface area (Å²) in [7, 11) is 1.29. The van der Waals surface area contributed by atoms with Crippen molar-refractivity contribution in [1.29, 1.82) is 0 Å². The Morgan fingerprint density at radius 1 is 1.26 bits per heavy atom. The average Bonchev–Trinajstić information content (AvgIpc) is 2.86. The summed E-state index contributed by atoms with van der Waals surface area (Å²) in [4.78, 5) is 18.3. The van der Waals surface area contributed by atoms with Crippen molar-refractivity contribution in [1.82, 2.24) is 4.90 Å². The van der Waals surface area contributed by atoms with Crippen LogP contribution in [0, 0.1) is 5.82 Å². The summed E-state index contributed by atoms with van der Waals surface area (Å²) in [5.41, 5.74) is 4.48. The Morgan fingerprint density at radius 2 is 2.03 bits per heavy atom. The second-order valence-electron chi connectivity index (χ2n) is 8.30. The van der Waals surface area contributed by atoms with Crippen LogP contribution in [-0.4, -0.2) is 56.7 Å². The zero-order valence-electron chi connectivity index (χ0n) is 20.4. The molecule has 1 N–H and O–H groups in total. The average molecular weight is 472 g/mol. The van der Waals surface area contributed by atoms with Crippen molar-refractivity contribution >= 4 is 17.5 Å². The van der Waals surface area contributed by atoms with Gasteiger partial charge in [-0.15, -0.1) is 0 Å². The summed E-state index contributed by atoms with van der Waals surface area (Å²) in [6.45, 7) is 9.58. The number of nitrogens with zero attached hydrogens (tertiary/aromatic N) is 2. The van der Waals surface area contributed by atoms with E-state index in [0.29, 0.717) is 36.9 Å². The number of ether oxygens (including phenoxy) is 3. The van der Waals surface area contributed by atoms with Crippen molar-refractivity contribution in [3.8, 4) is 0 Å². The summed E-state index contributed by atoms with van der Waals surface area (Å²) >= 11 is 0. The summed E-state index contributed by atoms with van der Waals surface area (Å²) in [5.74, 6) is 0.657. The van der Waals surface area contributed by atoms with Crippen LogP contribution in [0.2, 0.25) is 0 Å². The van der Waals surface area contributed by atoms with Crippen LogP contribution >= 0.6 is 0 Å². The van der Waals surface area contributed by atoms with Gasteiger partial charge in [0.15, 0.2) is 0 Å². The predicted octanol–water partition coefficient (Wildman–Crippen LogP) is 4.58. The lowest BCUT2D eigenvalue weighted by atomic mass is 10.0. The highest BCUT2D eigenvalue weighted by Crippen LogP contribution is 2.26. The molecule has 0 unspecified atom stereocenters. The Kier molecular flexibility index (Phi) is 9.27. The number of anilines is 1. The van der Waals surface area contributed by atoms with Crippen LogP contribution in [-0.2, 0) is 25.4 Å². The van der Waals surface area contributed by atoms with Gasteiger partial charge in [0.1, 0.15) is 30.6 Å². The Morgan fingerprint density at radius 3 is 2.65 bits per heavy atom. The number of methoxy groups -OCH3 is 1. The van der Waals surface area contributed by atoms with Crippen LogP contribution < -0.4 is 5.32 Å². The van der Waals surface area contributed by atoms with Crippen LogP contribution in [0.1, 0.15) is 39.2 Å². The summed E-state index contributed by atoms with van der Waals surface area (Å²) in [6.07, 6.45) is 5.79. The quantitative estimate of drug-likeness (QED) is 0.372. The Bertz CT molecular complexity index is 995. The highest BCUT2D eigenvalue weighted by Gasteiger charge is 2.20. The molecule has 0 amide bonds. The molecule has 0 bridgehead atoms. The van der Waals surface area contributed by atoms with Crippen molar-refractivity contribution in [2.75, 3.05) is 45.3 Å². The van der Waals surface area contributed by atoms with Gasteiger partial charge in [-0.05, 0) is 56.9 Å². The van der Waals surface area contributed by atoms with Crippen molar-refractivity contribution in [3.05, 3.63) is 64.5 Å². The molecular weight excluding hydrogens is 437 g/mol. The van der Waals surface area contributed by atoms with E-state index in [1.54, 1.807) is 12.1 Å². The number of nitrogens with one attached hydrogen (secondary N) is 1. The van der Waals surface area contributed by atoms with E-state index in [1.165, 1.54) is 24.4 Å². The zero-order chi connectivity index (χ0) is 24.5. The number of piperidine rings is 1. The van der Waals surface area contributed by atoms with E-state index in [4.69, 9.17) is 9.47 Å². The minimum atomic E-state index is -0.472. The van der Waals surface area contributed by atoms with Gasteiger partial charge in [-0.1, -0.05) is 12.1 Å². The number of hydrogen-bond donors (Lipinski definition) is 1. The number of likely N-dealkylation sites (tertiary alicyclic amines) is 1. The molecule has 0 aliphatic carbocycles. The first-order valence-electron chi connectivity index (χ1n) is 11.6. The molecule has 2 aliphatic heterocycles. The second-order valence-corrected chi connectivity index (χ2v) is 8.30. The van der Waals surface area contributed by atoms with Gasteiger partial charge in [0.05, 0.1) is 20.1 Å². The number of halogens is 1. The number of allylic oxidation sites excluding steroid dienone is 2. The first kappa shape index (κ1) is 25.5. The lowest BCUT2D eigenvalue weighted by molar-refractivity contribution is -0.139. The molecule has 2 aliphatic rings. The van der Waals surface area contributed by atoms with E-state index >= 15 is 0 Å². The molecule has 0 aromatic heterocycles. The third-order valence-electron chi connectivity index (χ3n) is 5.94. The third kappa shape index (κ3) is 6.93. The van der Waals surface area contributed by atoms with Gasteiger partial charge < -0.3 is 24.4 Å². The molecular formula is C26H34FN3O4. The maximum atomic E-state index is 14.3. The van der Waals surface area contributed by atoms with Crippen molar-refractivity contribution in [3.63, 3.8) is 0 Å². The van der Waals surface area contributed by atoms with Gasteiger partial charge in [-0.3, -0.25) is 4.79 Å². The van der Waals surface area contributed by atoms with E-state index in [0.717, 1.165) is 37.3 Å². The fourth-order valence-electron chi connectivity index (χ4n) is 4.02. The van der Waals surface area contributed by atoms with Gasteiger partial charge in [-0.2, -0.15) is 0 Å². The lowest BCUT2D eigenvalue weighted by Crippen LogP contribution is -2.31. The molecule has 1 aromatic rings. The van der Waals surface area contributed by atoms with E-state index in [2.05, 4.69) is 39.9 Å². The Labute approximate surface area is 201 Å². The number of amidine groups is 1. The lowest BCUT2D eigenvalue weighted by Gasteiger charge is -2.33. The molecule has 0 atom stereocenters. The molecule has 0 radical (unpaired) electrons. The molecule has 1 aromatic carbocycles. The molecule has 184 valence electrons. The molecule has 0 saturated carbocycles. The van der Waals surface area contributed by atoms with E-state index in [1.807, 2.05) is 13.1 Å². The predicted molar refractivity (Wildman–Crippen MR) is 131 cm³/mol. The number of carbonyl (C=O) groups is 1. The second kappa shape index (κ2) is 12.4. The minimum Gasteiger partial charge on any atom is -0.493 e. The smallest absolute Gasteiger partial charge is 0.310 e. The van der Waals surface area contributed by atoms with Gasteiger partial charge in [0, 0.05) is 36.2 Å². The molecule has 0 spiro atoms. The number of rotatable bonds is 6. The summed E-state index contributed by atoms with van der Waals surface area (Å²) in [5, 5.41) is 3.10. The zero-order valence-corrected chi connectivity index (χ0v) is 20.4. The first-order chi connectivity index (χ1) is 16.4. The van der Waals surface area contributed by atoms with Crippen LogP contribution in [0.15, 0.2) is 58.1 Å². The number of aliphatic imine (C=N–C) groups is 1. The molecule has 7 nitrogen and oxygen atoms in total. The highest BCUT2D eigenvalue weighted by atomic mass is 19.1. The molecule has 2 saturated heterocycles. The SMILES string of the molecule is C/C=C(\C(C)=C1/COCCO1)N1CCC(=CN=C(C)Nc2ccc(CC(=O)OC)c(F)c2)CC1. The van der Waals surface area contributed by atoms with Crippen molar-refractivity contribution < 1.29 is 23.4 Å².